The predicted molar refractivity (Wildman–Crippen MR) is 143 cm³/mol. The van der Waals surface area contributed by atoms with Gasteiger partial charge in [0, 0.05) is 30.1 Å². The van der Waals surface area contributed by atoms with Crippen molar-refractivity contribution in [1.29, 1.82) is 0 Å². The topological polar surface area (TPSA) is 105 Å². The number of nitrogens with one attached hydrogen (secondary N) is 1. The molecule has 10 heteroatoms. The molecule has 4 amide bonds. The Morgan fingerprint density at radius 1 is 1.08 bits per heavy atom. The third-order valence-corrected chi connectivity index (χ3v) is 7.74. The van der Waals surface area contributed by atoms with E-state index in [2.05, 4.69) is 5.32 Å². The van der Waals surface area contributed by atoms with Crippen molar-refractivity contribution in [2.75, 3.05) is 13.2 Å². The number of halogens is 1. The van der Waals surface area contributed by atoms with E-state index in [1.807, 2.05) is 11.0 Å². The SMILES string of the molecule is CC(C)(Oc1cccc(Cl)c1)C(=O)N1CCCC[C@@H]1COc1ccc2c(c1)CN(C1CCC(=O)NC1=O)C2=O. The fourth-order valence-electron chi connectivity index (χ4n) is 5.49. The molecule has 2 saturated heterocycles. The van der Waals surface area contributed by atoms with Gasteiger partial charge in [-0.3, -0.25) is 24.5 Å². The van der Waals surface area contributed by atoms with E-state index >= 15 is 0 Å². The number of carbonyl (C=O) groups is 4. The molecule has 2 aromatic carbocycles. The number of benzene rings is 2. The largest absolute Gasteiger partial charge is 0.491 e. The van der Waals surface area contributed by atoms with Crippen molar-refractivity contribution in [3.05, 3.63) is 58.6 Å². The van der Waals surface area contributed by atoms with E-state index in [4.69, 9.17) is 21.1 Å². The Labute approximate surface area is 232 Å². The summed E-state index contributed by atoms with van der Waals surface area (Å²) in [6.45, 7) is 4.72. The molecule has 9 nitrogen and oxygen atoms in total. The lowest BCUT2D eigenvalue weighted by molar-refractivity contribution is -0.150. The van der Waals surface area contributed by atoms with Gasteiger partial charge in [0.15, 0.2) is 5.60 Å². The van der Waals surface area contributed by atoms with Gasteiger partial charge in [-0.15, -0.1) is 0 Å². The van der Waals surface area contributed by atoms with Crippen LogP contribution in [0, 0.1) is 0 Å². The van der Waals surface area contributed by atoms with Crippen LogP contribution in [0.5, 0.6) is 11.5 Å². The first kappa shape index (κ1) is 27.0. The van der Waals surface area contributed by atoms with Crippen molar-refractivity contribution in [3.8, 4) is 11.5 Å². The van der Waals surface area contributed by atoms with Crippen LogP contribution in [0.1, 0.15) is 61.9 Å². The Balaban J connectivity index is 1.23. The number of imide groups is 1. The zero-order chi connectivity index (χ0) is 27.7. The van der Waals surface area contributed by atoms with Crippen LogP contribution in [-0.4, -0.2) is 64.3 Å². The van der Waals surface area contributed by atoms with Gasteiger partial charge in [-0.1, -0.05) is 17.7 Å². The van der Waals surface area contributed by atoms with Gasteiger partial charge in [0.2, 0.25) is 11.8 Å². The minimum Gasteiger partial charge on any atom is -0.491 e. The first-order valence-electron chi connectivity index (χ1n) is 13.3. The van der Waals surface area contributed by atoms with Crippen LogP contribution in [0.2, 0.25) is 5.02 Å². The molecular weight excluding hydrogens is 522 g/mol. The number of ether oxygens (including phenoxy) is 2. The van der Waals surface area contributed by atoms with Crippen LogP contribution in [0.15, 0.2) is 42.5 Å². The molecule has 0 spiro atoms. The minimum atomic E-state index is -1.09. The number of fused-ring (bicyclic) bond motifs is 1. The molecule has 5 rings (SSSR count). The summed E-state index contributed by atoms with van der Waals surface area (Å²) in [5.74, 6) is 0.0370. The summed E-state index contributed by atoms with van der Waals surface area (Å²) < 4.78 is 12.2. The second-order valence-electron chi connectivity index (χ2n) is 10.7. The van der Waals surface area contributed by atoms with Crippen molar-refractivity contribution in [2.45, 2.75) is 70.2 Å². The highest BCUT2D eigenvalue weighted by molar-refractivity contribution is 6.30. The van der Waals surface area contributed by atoms with E-state index < -0.39 is 17.6 Å². The summed E-state index contributed by atoms with van der Waals surface area (Å²) in [6, 6.07) is 11.5. The standard InChI is InChI=1S/C29H32ClN3O6/c1-29(2,39-22-8-5-6-19(30)15-22)28(37)32-13-4-3-7-20(32)17-38-21-9-10-23-18(14-21)16-33(27(23)36)24-11-12-25(34)31-26(24)35/h5-6,8-10,14-15,20,24H,3-4,7,11-13,16-17H2,1-2H3,(H,31,34,35)/t20-,24?/m1/s1. The summed E-state index contributed by atoms with van der Waals surface area (Å²) >= 11 is 6.08. The second kappa shape index (κ2) is 10.9. The fraction of sp³-hybridized carbons (Fsp3) is 0.448. The van der Waals surface area contributed by atoms with Crippen molar-refractivity contribution in [3.63, 3.8) is 0 Å². The Hall–Kier alpha value is -3.59. The molecule has 39 heavy (non-hydrogen) atoms. The van der Waals surface area contributed by atoms with E-state index in [0.717, 1.165) is 24.8 Å². The zero-order valence-electron chi connectivity index (χ0n) is 22.1. The van der Waals surface area contributed by atoms with Crippen LogP contribution in [-0.2, 0) is 20.9 Å². The molecule has 0 aromatic heterocycles. The smallest absolute Gasteiger partial charge is 0.266 e. The third-order valence-electron chi connectivity index (χ3n) is 7.51. The molecule has 0 bridgehead atoms. The summed E-state index contributed by atoms with van der Waals surface area (Å²) in [5, 5.41) is 2.86. The molecule has 2 aromatic rings. The first-order valence-corrected chi connectivity index (χ1v) is 13.7. The molecule has 2 fully saturated rings. The van der Waals surface area contributed by atoms with Crippen LogP contribution >= 0.6 is 11.6 Å². The molecule has 3 aliphatic heterocycles. The van der Waals surface area contributed by atoms with Gasteiger partial charge in [0.05, 0.1) is 6.04 Å². The van der Waals surface area contributed by atoms with E-state index in [1.165, 1.54) is 4.90 Å². The summed E-state index contributed by atoms with van der Waals surface area (Å²) in [5.41, 5.74) is 0.213. The van der Waals surface area contributed by atoms with E-state index in [0.29, 0.717) is 41.7 Å². The van der Waals surface area contributed by atoms with E-state index in [-0.39, 0.29) is 36.7 Å². The third kappa shape index (κ3) is 5.73. The Morgan fingerprint density at radius 2 is 1.90 bits per heavy atom. The maximum absolute atomic E-state index is 13.6. The number of likely N-dealkylation sites (tertiary alicyclic amines) is 1. The molecule has 206 valence electrons. The molecule has 2 atom stereocenters. The normalized spacial score (nSPS) is 21.5. The van der Waals surface area contributed by atoms with Gasteiger partial charge in [-0.2, -0.15) is 0 Å². The first-order chi connectivity index (χ1) is 18.6. The average molecular weight is 554 g/mol. The number of rotatable bonds is 7. The maximum atomic E-state index is 13.6. The maximum Gasteiger partial charge on any atom is 0.266 e. The average Bonchev–Trinajstić information content (AvgIpc) is 3.22. The van der Waals surface area contributed by atoms with E-state index in [1.54, 1.807) is 50.2 Å². The number of nitrogens with zero attached hydrogens (tertiary/aromatic N) is 2. The van der Waals surface area contributed by atoms with Gasteiger partial charge in [0.1, 0.15) is 24.1 Å². The van der Waals surface area contributed by atoms with Crippen molar-refractivity contribution < 1.29 is 28.7 Å². The van der Waals surface area contributed by atoms with Crippen molar-refractivity contribution >= 4 is 35.2 Å². The zero-order valence-corrected chi connectivity index (χ0v) is 22.8. The molecule has 0 aliphatic carbocycles. The quantitative estimate of drug-likeness (QED) is 0.524. The van der Waals surface area contributed by atoms with Crippen LogP contribution < -0.4 is 14.8 Å². The number of amides is 4. The molecule has 1 unspecified atom stereocenters. The molecule has 1 N–H and O–H groups in total. The summed E-state index contributed by atoms with van der Waals surface area (Å²) in [6.07, 6.45) is 3.24. The van der Waals surface area contributed by atoms with Gasteiger partial charge in [-0.05, 0) is 81.5 Å². The van der Waals surface area contributed by atoms with Crippen LogP contribution in [0.3, 0.4) is 0 Å². The highest BCUT2D eigenvalue weighted by Gasteiger charge is 2.40. The lowest BCUT2D eigenvalue weighted by atomic mass is 9.98. The Bertz CT molecular complexity index is 1310. The highest BCUT2D eigenvalue weighted by atomic mass is 35.5. The number of piperidine rings is 2. The molecular formula is C29H32ClN3O6. The Kier molecular flexibility index (Phi) is 7.53. The minimum absolute atomic E-state index is 0.116. The number of hydrogen-bond donors (Lipinski definition) is 1. The summed E-state index contributed by atoms with van der Waals surface area (Å²) in [4.78, 5) is 53.7. The predicted octanol–water partition coefficient (Wildman–Crippen LogP) is 3.72. The van der Waals surface area contributed by atoms with Crippen LogP contribution in [0.4, 0.5) is 0 Å². The van der Waals surface area contributed by atoms with Crippen molar-refractivity contribution in [2.24, 2.45) is 0 Å². The molecule has 0 radical (unpaired) electrons. The summed E-state index contributed by atoms with van der Waals surface area (Å²) in [7, 11) is 0. The van der Waals surface area contributed by atoms with Gasteiger partial charge in [-0.25, -0.2) is 0 Å². The fourth-order valence-corrected chi connectivity index (χ4v) is 5.67. The van der Waals surface area contributed by atoms with E-state index in [9.17, 15) is 19.2 Å². The van der Waals surface area contributed by atoms with Crippen LogP contribution in [0.25, 0.3) is 0 Å². The van der Waals surface area contributed by atoms with Gasteiger partial charge in [0.25, 0.3) is 11.8 Å². The molecule has 0 saturated carbocycles. The molecule has 3 aliphatic rings. The van der Waals surface area contributed by atoms with Gasteiger partial charge < -0.3 is 19.3 Å². The Morgan fingerprint density at radius 3 is 2.67 bits per heavy atom. The highest BCUT2D eigenvalue weighted by Crippen LogP contribution is 2.31. The molecule has 3 heterocycles. The number of carbonyl (C=O) groups excluding carboxylic acids is 4. The number of hydrogen-bond acceptors (Lipinski definition) is 6. The van der Waals surface area contributed by atoms with Crippen molar-refractivity contribution in [1.82, 2.24) is 15.1 Å². The lowest BCUT2D eigenvalue weighted by Crippen LogP contribution is -2.55. The van der Waals surface area contributed by atoms with Gasteiger partial charge >= 0.3 is 0 Å². The second-order valence-corrected chi connectivity index (χ2v) is 11.2. The monoisotopic (exact) mass is 553 g/mol. The lowest BCUT2D eigenvalue weighted by Gasteiger charge is -2.40.